The Labute approximate surface area is 225 Å². The summed E-state index contributed by atoms with van der Waals surface area (Å²) in [5.41, 5.74) is 7.54. The Morgan fingerprint density at radius 3 is 2.64 bits per heavy atom. The van der Waals surface area contributed by atoms with Crippen molar-refractivity contribution in [3.63, 3.8) is 0 Å². The molecule has 0 aliphatic carbocycles. The molecule has 0 fully saturated rings. The number of nitrogens with two attached hydrogens (primary N) is 1. The third-order valence-electron chi connectivity index (χ3n) is 6.05. The number of nitriles is 1. The Morgan fingerprint density at radius 2 is 1.92 bits per heavy atom. The van der Waals surface area contributed by atoms with Crippen molar-refractivity contribution in [2.75, 3.05) is 13.2 Å². The smallest absolute Gasteiger partial charge is 0.343 e. The number of hydrogen-bond acceptors (Lipinski definition) is 9. The van der Waals surface area contributed by atoms with Crippen LogP contribution < -0.4 is 24.7 Å². The molecule has 1 aliphatic rings. The highest BCUT2D eigenvalue weighted by molar-refractivity contribution is 5.91. The Morgan fingerprint density at radius 1 is 1.10 bits per heavy atom. The Hall–Kier alpha value is -5.04. The van der Waals surface area contributed by atoms with E-state index in [0.717, 1.165) is 24.5 Å². The second kappa shape index (κ2) is 12.0. The molecule has 0 bridgehead atoms. The Kier molecular flexibility index (Phi) is 8.31. The van der Waals surface area contributed by atoms with E-state index in [1.807, 2.05) is 25.1 Å². The number of unbranched alkanes of at least 4 members (excludes halogenated alkanes) is 1. The second-order valence-corrected chi connectivity index (χ2v) is 8.66. The third-order valence-corrected chi connectivity index (χ3v) is 6.05. The van der Waals surface area contributed by atoms with E-state index in [4.69, 9.17) is 24.7 Å². The monoisotopic (exact) mass is 529 g/mol. The van der Waals surface area contributed by atoms with E-state index in [1.54, 1.807) is 12.1 Å². The highest BCUT2D eigenvalue weighted by atomic mass is 16.6. The minimum atomic E-state index is -0.771. The fraction of sp³-hybridized carbons (Fsp3) is 0.241. The van der Waals surface area contributed by atoms with Crippen LogP contribution in [0.5, 0.6) is 23.0 Å². The van der Waals surface area contributed by atoms with Gasteiger partial charge < -0.3 is 24.7 Å². The highest BCUT2D eigenvalue weighted by Crippen LogP contribution is 2.45. The molecule has 3 aromatic carbocycles. The first kappa shape index (κ1) is 27.0. The minimum absolute atomic E-state index is 0.0246. The first-order chi connectivity index (χ1) is 18.9. The van der Waals surface area contributed by atoms with Crippen molar-refractivity contribution in [1.29, 1.82) is 5.26 Å². The van der Waals surface area contributed by atoms with Gasteiger partial charge in [-0.2, -0.15) is 5.26 Å². The van der Waals surface area contributed by atoms with Crippen LogP contribution in [-0.2, 0) is 0 Å². The van der Waals surface area contributed by atoms with Crippen molar-refractivity contribution in [3.8, 4) is 29.1 Å². The lowest BCUT2D eigenvalue weighted by atomic mass is 9.83. The molecule has 1 heterocycles. The van der Waals surface area contributed by atoms with E-state index in [9.17, 15) is 20.2 Å². The van der Waals surface area contributed by atoms with Crippen molar-refractivity contribution < 1.29 is 28.7 Å². The summed E-state index contributed by atoms with van der Waals surface area (Å²) in [6, 6.07) is 17.6. The first-order valence-corrected chi connectivity index (χ1v) is 12.4. The molecule has 10 heteroatoms. The molecule has 0 aromatic heterocycles. The fourth-order valence-electron chi connectivity index (χ4n) is 4.17. The zero-order chi connectivity index (χ0) is 27.9. The summed E-state index contributed by atoms with van der Waals surface area (Å²) >= 11 is 0. The number of fused-ring (bicyclic) bond motifs is 1. The predicted octanol–water partition coefficient (Wildman–Crippen LogP) is 5.61. The molecule has 0 amide bonds. The van der Waals surface area contributed by atoms with Gasteiger partial charge in [0.2, 0.25) is 5.88 Å². The van der Waals surface area contributed by atoms with Crippen molar-refractivity contribution in [2.45, 2.75) is 32.6 Å². The summed E-state index contributed by atoms with van der Waals surface area (Å²) in [4.78, 5) is 23.1. The van der Waals surface area contributed by atoms with Crippen molar-refractivity contribution in [1.82, 2.24) is 0 Å². The number of non-ortho nitro benzene ring substituents is 1. The number of rotatable bonds is 10. The number of hydrogen-bond donors (Lipinski definition) is 1. The van der Waals surface area contributed by atoms with Crippen LogP contribution in [0.3, 0.4) is 0 Å². The summed E-state index contributed by atoms with van der Waals surface area (Å²) in [6.45, 7) is 4.95. The summed E-state index contributed by atoms with van der Waals surface area (Å²) in [6.07, 6.45) is 1.91. The average molecular weight is 530 g/mol. The quantitative estimate of drug-likeness (QED) is 0.116. The van der Waals surface area contributed by atoms with Crippen molar-refractivity contribution in [2.24, 2.45) is 5.73 Å². The zero-order valence-corrected chi connectivity index (χ0v) is 21.5. The zero-order valence-electron chi connectivity index (χ0n) is 21.5. The maximum absolute atomic E-state index is 12.6. The number of carbonyl (C=O) groups excluding carboxylic acids is 1. The first-order valence-electron chi connectivity index (χ1n) is 12.4. The second-order valence-electron chi connectivity index (χ2n) is 8.66. The molecule has 39 heavy (non-hydrogen) atoms. The van der Waals surface area contributed by atoms with Crippen molar-refractivity contribution >= 4 is 11.7 Å². The molecule has 2 N–H and O–H groups in total. The maximum atomic E-state index is 12.6. The highest BCUT2D eigenvalue weighted by Gasteiger charge is 2.32. The largest absolute Gasteiger partial charge is 0.490 e. The number of nitro benzene ring substituents is 1. The topological polar surface area (TPSA) is 147 Å². The van der Waals surface area contributed by atoms with E-state index in [0.29, 0.717) is 36.0 Å². The van der Waals surface area contributed by atoms with Gasteiger partial charge in [-0.1, -0.05) is 31.5 Å². The normalized spacial score (nSPS) is 14.0. The van der Waals surface area contributed by atoms with Crippen LogP contribution in [0.4, 0.5) is 5.69 Å². The third kappa shape index (κ3) is 5.93. The molecular formula is C29H27N3O7. The summed E-state index contributed by atoms with van der Waals surface area (Å²) in [5.74, 6) is 0.210. The lowest BCUT2D eigenvalue weighted by molar-refractivity contribution is -0.384. The summed E-state index contributed by atoms with van der Waals surface area (Å²) < 4.78 is 22.9. The van der Waals surface area contributed by atoms with Gasteiger partial charge in [0.1, 0.15) is 23.1 Å². The van der Waals surface area contributed by atoms with Gasteiger partial charge in [-0.3, -0.25) is 10.1 Å². The Bertz CT molecular complexity index is 1480. The van der Waals surface area contributed by atoms with E-state index in [1.165, 1.54) is 24.3 Å². The van der Waals surface area contributed by atoms with E-state index in [2.05, 4.69) is 13.0 Å². The van der Waals surface area contributed by atoms with Gasteiger partial charge in [0.25, 0.3) is 5.69 Å². The Balaban J connectivity index is 1.66. The fourth-order valence-corrected chi connectivity index (χ4v) is 4.17. The maximum Gasteiger partial charge on any atom is 0.343 e. The number of nitrogens with zero attached hydrogens (tertiary/aromatic N) is 2. The molecule has 4 rings (SSSR count). The molecule has 1 unspecified atom stereocenters. The predicted molar refractivity (Wildman–Crippen MR) is 142 cm³/mol. The van der Waals surface area contributed by atoms with Gasteiger partial charge >= 0.3 is 5.97 Å². The molecule has 0 radical (unpaired) electrons. The van der Waals surface area contributed by atoms with Gasteiger partial charge in [-0.15, -0.1) is 0 Å². The molecule has 0 saturated heterocycles. The average Bonchev–Trinajstić information content (AvgIpc) is 2.93. The summed E-state index contributed by atoms with van der Waals surface area (Å²) in [7, 11) is 0. The molecule has 10 nitrogen and oxygen atoms in total. The molecule has 200 valence electrons. The molecule has 0 spiro atoms. The number of benzene rings is 3. The number of nitro groups is 1. The lowest BCUT2D eigenvalue weighted by Crippen LogP contribution is -2.21. The summed E-state index contributed by atoms with van der Waals surface area (Å²) in [5, 5.41) is 21.0. The van der Waals surface area contributed by atoms with Crippen LogP contribution in [0.15, 0.2) is 72.1 Å². The van der Waals surface area contributed by atoms with Crippen LogP contribution in [-0.4, -0.2) is 24.1 Å². The molecule has 0 saturated carbocycles. The van der Waals surface area contributed by atoms with Crippen LogP contribution in [0.1, 0.15) is 54.1 Å². The van der Waals surface area contributed by atoms with Crippen LogP contribution in [0.2, 0.25) is 0 Å². The number of allylic oxidation sites excluding steroid dienone is 1. The van der Waals surface area contributed by atoms with Gasteiger partial charge in [0, 0.05) is 23.8 Å². The minimum Gasteiger partial charge on any atom is -0.490 e. The van der Waals surface area contributed by atoms with Crippen LogP contribution in [0.25, 0.3) is 0 Å². The van der Waals surface area contributed by atoms with E-state index >= 15 is 0 Å². The van der Waals surface area contributed by atoms with Gasteiger partial charge in [0.05, 0.1) is 29.6 Å². The number of esters is 1. The molecular weight excluding hydrogens is 502 g/mol. The van der Waals surface area contributed by atoms with Crippen LogP contribution in [0, 0.1) is 21.4 Å². The van der Waals surface area contributed by atoms with Gasteiger partial charge in [0.15, 0.2) is 11.5 Å². The van der Waals surface area contributed by atoms with Gasteiger partial charge in [-0.25, -0.2) is 4.79 Å². The van der Waals surface area contributed by atoms with E-state index in [-0.39, 0.29) is 28.5 Å². The van der Waals surface area contributed by atoms with Crippen LogP contribution >= 0.6 is 0 Å². The van der Waals surface area contributed by atoms with Gasteiger partial charge in [-0.05, 0) is 43.2 Å². The standard InChI is InChI=1S/C29H27N3O7/c1-3-5-13-37-24-12-9-18(15-26(24)36-4-2)27-22-11-10-21(16-25(22)39-28(31)23(27)17-30)38-29(33)19-7-6-8-20(14-19)32(34)35/h6-12,14-16,27H,3-5,13,31H2,1-2H3. The molecule has 1 atom stereocenters. The number of ether oxygens (including phenoxy) is 4. The van der Waals surface area contributed by atoms with Crippen molar-refractivity contribution in [3.05, 3.63) is 98.9 Å². The molecule has 1 aliphatic heterocycles. The SMILES string of the molecule is CCCCOc1ccc(C2C(C#N)=C(N)Oc3cc(OC(=O)c4cccc([N+](=O)[O-])c4)ccc32)cc1OCC. The molecule has 3 aromatic rings. The number of carbonyl (C=O) groups is 1. The van der Waals surface area contributed by atoms with E-state index < -0.39 is 16.8 Å². The lowest BCUT2D eigenvalue weighted by Gasteiger charge is -2.27.